The molecule has 9 aromatic carbocycles. The number of carboxylic acid groups (broad SMARTS) is 2. The molecular weight excluding hydrogens is 1670 g/mol. The van der Waals surface area contributed by atoms with Crippen molar-refractivity contribution in [2.45, 2.75) is 111 Å². The number of aromatic carboxylic acids is 2. The number of carbonyl (C=O) groups excluding carboxylic acids is 2. The maximum Gasteiger partial charge on any atom is 1.00 e. The molecular formula is C79H64F12N3NaO15S6. The minimum absolute atomic E-state index is 0. The first-order chi connectivity index (χ1) is 53.3. The SMILES string of the molecule is CC(C)(O)c1c(N(Cc2ccc(F)c(C(F)(F)F)c2)S(=O)(=O)c2ccc(C(=O)O)cc2)sc2ccccc12.CC(C)(O)c1c(N(Cc2ccc(F)c(C(F)(F)F)c2)S(=O)(=O)c2ccc(C(=O)[O-])cc2)sc2ccccc12.COC(=O)c1ccc(S(=O)(=O)N(Cc2ccc(F)c(C(F)(F)F)c2)c2sc3ccccc3c2C(C)(C)O)cc1.[Na+]. The van der Waals surface area contributed by atoms with Gasteiger partial charge in [-0.1, -0.05) is 84.9 Å². The van der Waals surface area contributed by atoms with E-state index < -0.39 is 137 Å². The number of sulfonamides is 3. The minimum Gasteiger partial charge on any atom is -0.545 e. The number of carbonyl (C=O) groups is 3. The summed E-state index contributed by atoms with van der Waals surface area (Å²) in [5.41, 5.74) is -9.35. The largest absolute Gasteiger partial charge is 1.00 e. The number of nitrogens with zero attached hydrogens (tertiary/aromatic N) is 3. The fraction of sp³-hybridized carbons (Fsp3) is 0.203. The fourth-order valence-electron chi connectivity index (χ4n) is 12.2. The van der Waals surface area contributed by atoms with E-state index in [-0.39, 0.29) is 109 Å². The van der Waals surface area contributed by atoms with Gasteiger partial charge in [0.25, 0.3) is 30.1 Å². The van der Waals surface area contributed by atoms with Crippen molar-refractivity contribution in [3.63, 3.8) is 0 Å². The Morgan fingerprint density at radius 2 is 0.647 bits per heavy atom. The summed E-state index contributed by atoms with van der Waals surface area (Å²) in [5, 5.41) is 55.2. The Balaban J connectivity index is 0.000000198. The number of aliphatic hydroxyl groups is 3. The van der Waals surface area contributed by atoms with E-state index >= 15 is 0 Å². The number of hydrogen-bond donors (Lipinski definition) is 4. The van der Waals surface area contributed by atoms with Gasteiger partial charge in [0.1, 0.15) is 32.5 Å². The standard InChI is InChI=1S/C27H23F4NO5S2.2C26H21F4NO5S2.Na/c1-26(2,34)23-19-6-4-5-7-22(19)38-24(23)32(15-16-8-13-21(28)20(14-16)27(29,30)31)39(35,36)18-11-9-17(10-12-18)25(33)37-3;2*1-25(2,34)22-18-5-3-4-6-21(18)37-23(22)31(14-15-7-12-20(27)19(13-15)26(28,29)30)38(35,36)17-10-8-16(9-11-17)24(32)33;/h4-14,34H,15H2,1-3H3;2*3-13,34H,14H2,1-2H3,(H,32,33);/q;;;+1/p-1. The minimum atomic E-state index is -5.01. The molecule has 18 nitrogen and oxygen atoms in total. The Morgan fingerprint density at radius 1 is 0.397 bits per heavy atom. The van der Waals surface area contributed by atoms with E-state index in [1.54, 1.807) is 72.8 Å². The quantitative estimate of drug-likeness (QED) is 0.0296. The van der Waals surface area contributed by atoms with E-state index in [9.17, 15) is 118 Å². The number of ether oxygens (including phenoxy) is 1. The molecule has 0 saturated heterocycles. The molecule has 0 spiro atoms. The van der Waals surface area contributed by atoms with Crippen molar-refractivity contribution in [2.75, 3.05) is 20.0 Å². The van der Waals surface area contributed by atoms with Crippen LogP contribution >= 0.6 is 34.0 Å². The number of fused-ring (bicyclic) bond motifs is 3. The van der Waals surface area contributed by atoms with Crippen LogP contribution in [0.3, 0.4) is 0 Å². The Labute approximate surface area is 689 Å². The van der Waals surface area contributed by atoms with Crippen LogP contribution in [-0.2, 0) is 89.8 Å². The van der Waals surface area contributed by atoms with Crippen LogP contribution < -0.4 is 47.6 Å². The van der Waals surface area contributed by atoms with E-state index in [1.807, 2.05) is 0 Å². The van der Waals surface area contributed by atoms with Crippen LogP contribution in [0.4, 0.5) is 67.7 Å². The summed E-state index contributed by atoms with van der Waals surface area (Å²) in [6.07, 6.45) is -15.0. The van der Waals surface area contributed by atoms with Crippen molar-refractivity contribution >= 4 is 127 Å². The number of methoxy groups -OCH3 is 1. The number of halogens is 12. The van der Waals surface area contributed by atoms with Gasteiger partial charge < -0.3 is 35.1 Å². The predicted molar refractivity (Wildman–Crippen MR) is 407 cm³/mol. The van der Waals surface area contributed by atoms with Crippen LogP contribution in [0.25, 0.3) is 30.3 Å². The van der Waals surface area contributed by atoms with Crippen molar-refractivity contribution in [1.29, 1.82) is 0 Å². The Kier molecular flexibility index (Phi) is 26.7. The van der Waals surface area contributed by atoms with Gasteiger partial charge in [-0.25, -0.2) is 48.0 Å². The number of hydrogen-bond acceptors (Lipinski definition) is 17. The number of thiophene rings is 3. The normalized spacial score (nSPS) is 12.5. The number of benzene rings is 9. The van der Waals surface area contributed by atoms with Crippen molar-refractivity contribution in [1.82, 2.24) is 0 Å². The van der Waals surface area contributed by atoms with Gasteiger partial charge >= 0.3 is 60.0 Å². The van der Waals surface area contributed by atoms with Gasteiger partial charge in [0.05, 0.1) is 92.0 Å². The molecule has 0 bridgehead atoms. The first kappa shape index (κ1) is 90.5. The molecule has 0 aliphatic carbocycles. The number of alkyl halides is 9. The van der Waals surface area contributed by atoms with Crippen molar-refractivity contribution < 1.29 is 152 Å². The molecule has 0 amide bonds. The second-order valence-electron chi connectivity index (χ2n) is 27.1. The number of esters is 1. The fourth-order valence-corrected chi connectivity index (χ4v) is 21.2. The summed E-state index contributed by atoms with van der Waals surface area (Å²) < 4.78 is 255. The maximum atomic E-state index is 14.0. The smallest absolute Gasteiger partial charge is 0.545 e. The molecule has 0 fully saturated rings. The summed E-state index contributed by atoms with van der Waals surface area (Å²) >= 11 is 3.06. The molecule has 0 saturated carbocycles. The van der Waals surface area contributed by atoms with E-state index in [0.29, 0.717) is 66.7 Å². The second kappa shape index (κ2) is 34.3. The number of carboxylic acids is 2. The average Bonchev–Trinajstić information content (AvgIpc) is 1.58. The molecule has 3 heterocycles. The van der Waals surface area contributed by atoms with E-state index in [4.69, 9.17) is 0 Å². The topological polar surface area (TPSA) is 277 Å². The van der Waals surface area contributed by atoms with E-state index in [1.165, 1.54) is 72.9 Å². The molecule has 0 radical (unpaired) electrons. The van der Waals surface area contributed by atoms with Gasteiger partial charge in [-0.05, 0) is 179 Å². The summed E-state index contributed by atoms with van der Waals surface area (Å²) in [4.78, 5) is 33.3. The number of rotatable bonds is 21. The molecule has 3 aromatic heterocycles. The van der Waals surface area contributed by atoms with E-state index in [0.717, 1.165) is 114 Å². The zero-order valence-electron chi connectivity index (χ0n) is 61.8. The maximum absolute atomic E-state index is 14.0. The summed E-state index contributed by atoms with van der Waals surface area (Å²) in [7, 11) is -12.4. The van der Waals surface area contributed by atoms with E-state index in [2.05, 4.69) is 4.74 Å². The molecule has 12 aromatic rings. The van der Waals surface area contributed by atoms with Crippen LogP contribution in [0.1, 0.15) is 123 Å². The predicted octanol–water partition coefficient (Wildman–Crippen LogP) is 14.9. The van der Waals surface area contributed by atoms with Gasteiger partial charge in [0.2, 0.25) is 0 Å². The van der Waals surface area contributed by atoms with Crippen molar-refractivity contribution in [2.24, 2.45) is 0 Å². The molecule has 12 rings (SSSR count). The van der Waals surface area contributed by atoms with Crippen LogP contribution in [0, 0.1) is 17.5 Å². The van der Waals surface area contributed by atoms with Crippen LogP contribution in [-0.4, -0.2) is 70.7 Å². The third-order valence-electron chi connectivity index (χ3n) is 17.5. The molecule has 606 valence electrons. The van der Waals surface area contributed by atoms with Gasteiger partial charge in [-0.3, -0.25) is 12.9 Å². The van der Waals surface area contributed by atoms with Gasteiger partial charge in [0.15, 0.2) is 0 Å². The van der Waals surface area contributed by atoms with Crippen LogP contribution in [0.5, 0.6) is 0 Å². The molecule has 0 aliphatic heterocycles. The van der Waals surface area contributed by atoms with Crippen molar-refractivity contribution in [3.8, 4) is 0 Å². The second-order valence-corrected chi connectivity index (χ2v) is 35.8. The monoisotopic (exact) mass is 1740 g/mol. The Bertz CT molecular complexity index is 5820. The average molecular weight is 1740 g/mol. The molecule has 37 heteroatoms. The van der Waals surface area contributed by atoms with Crippen LogP contribution in [0.2, 0.25) is 0 Å². The summed E-state index contributed by atoms with van der Waals surface area (Å²) in [6.45, 7) is 6.90. The number of anilines is 3. The summed E-state index contributed by atoms with van der Waals surface area (Å²) in [5.74, 6) is -7.98. The Hall–Kier alpha value is -9.44. The van der Waals surface area contributed by atoms with Gasteiger partial charge in [0, 0.05) is 46.9 Å². The van der Waals surface area contributed by atoms with Crippen molar-refractivity contribution in [3.05, 3.63) is 284 Å². The Morgan fingerprint density at radius 3 is 0.879 bits per heavy atom. The zero-order valence-corrected chi connectivity index (χ0v) is 68.7. The summed E-state index contributed by atoms with van der Waals surface area (Å²) in [6, 6.07) is 40.5. The van der Waals surface area contributed by atoms with Crippen LogP contribution in [0.15, 0.2) is 215 Å². The van der Waals surface area contributed by atoms with Gasteiger partial charge in [-0.2, -0.15) is 39.5 Å². The third-order valence-corrected chi connectivity index (χ3v) is 26.7. The molecule has 0 unspecified atom stereocenters. The first-order valence-corrected chi connectivity index (χ1v) is 40.3. The zero-order chi connectivity index (χ0) is 84.8. The third kappa shape index (κ3) is 19.7. The molecule has 116 heavy (non-hydrogen) atoms. The van der Waals surface area contributed by atoms with Gasteiger partial charge in [-0.15, -0.1) is 34.0 Å². The molecule has 0 atom stereocenters. The first-order valence-electron chi connectivity index (χ1n) is 33.6. The molecule has 0 aliphatic rings. The molecule has 4 N–H and O–H groups in total.